The molecule has 0 radical (unpaired) electrons. The molecule has 1 N–H and O–H groups in total. The fraction of sp³-hybridized carbons (Fsp3) is 0.455. The van der Waals surface area contributed by atoms with Crippen molar-refractivity contribution in [1.29, 1.82) is 0 Å². The molecular weight excluding hydrogens is 439 g/mol. The number of halogens is 5. The fourth-order valence-corrected chi connectivity index (χ4v) is 7.07. The van der Waals surface area contributed by atoms with E-state index in [0.29, 0.717) is 19.3 Å². The van der Waals surface area contributed by atoms with Crippen LogP contribution in [0.2, 0.25) is 0 Å². The molecule has 1 heterocycles. The maximum atomic E-state index is 15.1. The van der Waals surface area contributed by atoms with Gasteiger partial charge in [-0.05, 0) is 61.6 Å². The Bertz CT molecular complexity index is 990. The summed E-state index contributed by atoms with van der Waals surface area (Å²) in [6.07, 6.45) is -2.63. The molecule has 1 aliphatic heterocycles. The molecule has 0 aromatic heterocycles. The summed E-state index contributed by atoms with van der Waals surface area (Å²) in [7, 11) is -1.98. The van der Waals surface area contributed by atoms with Crippen LogP contribution in [-0.2, 0) is 21.7 Å². The van der Waals surface area contributed by atoms with Crippen molar-refractivity contribution in [1.82, 2.24) is 0 Å². The molecule has 1 saturated carbocycles. The molecule has 2 aromatic carbocycles. The number of aliphatic hydroxyl groups is 1. The lowest BCUT2D eigenvalue weighted by Crippen LogP contribution is -2.52. The first kappa shape index (κ1) is 22.2. The highest BCUT2D eigenvalue weighted by atomic mass is 32.2. The van der Waals surface area contributed by atoms with Gasteiger partial charge in [0.15, 0.2) is 11.6 Å². The van der Waals surface area contributed by atoms with Gasteiger partial charge in [0.2, 0.25) is 0 Å². The molecule has 2 aromatic rings. The van der Waals surface area contributed by atoms with Crippen molar-refractivity contribution in [3.05, 3.63) is 59.2 Å². The molecule has 0 amide bonds. The quantitative estimate of drug-likeness (QED) is 0.640. The van der Waals surface area contributed by atoms with E-state index in [9.17, 15) is 26.9 Å². The van der Waals surface area contributed by atoms with E-state index in [-0.39, 0.29) is 41.8 Å². The summed E-state index contributed by atoms with van der Waals surface area (Å²) in [5, 5.41) is 9.49. The Balaban J connectivity index is 1.88. The first-order chi connectivity index (χ1) is 14.7. The number of fused-ring (bicyclic) bond motifs is 3. The SMILES string of the molecule is O=S(c1ccc(C(F)(F)F)cc1)[C@@]12CCC[C@@H](CCO)C1COc1c(F)ccc(F)c12. The van der Waals surface area contributed by atoms with Gasteiger partial charge in [-0.2, -0.15) is 13.2 Å². The molecule has 2 aliphatic rings. The number of ether oxygens (including phenoxy) is 1. The van der Waals surface area contributed by atoms with Crippen molar-refractivity contribution in [2.75, 3.05) is 13.2 Å². The van der Waals surface area contributed by atoms with Crippen LogP contribution in [0, 0.1) is 23.5 Å². The number of aliphatic hydroxyl groups excluding tert-OH is 1. The van der Waals surface area contributed by atoms with Crippen molar-refractivity contribution in [2.24, 2.45) is 11.8 Å². The van der Waals surface area contributed by atoms with Crippen LogP contribution in [0.1, 0.15) is 36.8 Å². The van der Waals surface area contributed by atoms with E-state index in [0.717, 1.165) is 36.4 Å². The number of hydrogen-bond donors (Lipinski definition) is 1. The van der Waals surface area contributed by atoms with Gasteiger partial charge in [0.1, 0.15) is 5.82 Å². The fourth-order valence-electron chi connectivity index (χ4n) is 5.03. The zero-order valence-electron chi connectivity index (χ0n) is 16.4. The van der Waals surface area contributed by atoms with E-state index in [1.807, 2.05) is 0 Å². The Labute approximate surface area is 178 Å². The van der Waals surface area contributed by atoms with Crippen LogP contribution in [-0.4, -0.2) is 22.5 Å². The van der Waals surface area contributed by atoms with Crippen LogP contribution in [0.5, 0.6) is 5.75 Å². The summed E-state index contributed by atoms with van der Waals surface area (Å²) in [5.41, 5.74) is -1.00. The van der Waals surface area contributed by atoms with E-state index >= 15 is 4.39 Å². The minimum absolute atomic E-state index is 0.00951. The number of rotatable bonds is 4. The second-order valence-electron chi connectivity index (χ2n) is 8.00. The monoisotopic (exact) mass is 460 g/mol. The standard InChI is InChI=1S/C22H21F5O3S/c23-17-7-8-18(24)20-19(17)21(10-1-2-13(9-11-28)16(21)12-30-20)31(29)15-5-3-14(4-6-15)22(25,26)27/h3-8,13,16,28H,1-2,9-12H2/t13-,16?,21-,31?/m0/s1. The summed E-state index contributed by atoms with van der Waals surface area (Å²) in [6.45, 7) is -0.132. The predicted molar refractivity (Wildman–Crippen MR) is 104 cm³/mol. The largest absolute Gasteiger partial charge is 0.490 e. The molecule has 0 saturated heterocycles. The van der Waals surface area contributed by atoms with E-state index in [1.165, 1.54) is 0 Å². The first-order valence-corrected chi connectivity index (χ1v) is 11.2. The van der Waals surface area contributed by atoms with Gasteiger partial charge in [0.05, 0.1) is 33.3 Å². The predicted octanol–water partition coefficient (Wildman–Crippen LogP) is 5.18. The Hall–Kier alpha value is -2.00. The van der Waals surface area contributed by atoms with Crippen molar-refractivity contribution in [3.63, 3.8) is 0 Å². The van der Waals surface area contributed by atoms with E-state index in [1.54, 1.807) is 0 Å². The molecule has 0 bridgehead atoms. The van der Waals surface area contributed by atoms with Crippen molar-refractivity contribution < 1.29 is 36.0 Å². The lowest BCUT2D eigenvalue weighted by atomic mass is 9.66. The van der Waals surface area contributed by atoms with Crippen molar-refractivity contribution in [2.45, 2.75) is 41.5 Å². The maximum Gasteiger partial charge on any atom is 0.416 e. The minimum Gasteiger partial charge on any atom is -0.490 e. The molecule has 4 rings (SSSR count). The summed E-state index contributed by atoms with van der Waals surface area (Å²) in [5.74, 6) is -2.46. The minimum atomic E-state index is -4.54. The Morgan fingerprint density at radius 2 is 1.77 bits per heavy atom. The number of hydrogen-bond acceptors (Lipinski definition) is 3. The second-order valence-corrected chi connectivity index (χ2v) is 9.73. The smallest absolute Gasteiger partial charge is 0.416 e. The molecule has 31 heavy (non-hydrogen) atoms. The molecule has 0 spiro atoms. The zero-order valence-corrected chi connectivity index (χ0v) is 17.2. The highest BCUT2D eigenvalue weighted by molar-refractivity contribution is 7.86. The lowest BCUT2D eigenvalue weighted by Gasteiger charge is -2.50. The average Bonchev–Trinajstić information content (AvgIpc) is 2.75. The van der Waals surface area contributed by atoms with Gasteiger partial charge in [0.25, 0.3) is 0 Å². The van der Waals surface area contributed by atoms with Gasteiger partial charge in [-0.15, -0.1) is 0 Å². The molecule has 4 atom stereocenters. The van der Waals surface area contributed by atoms with Crippen molar-refractivity contribution in [3.8, 4) is 5.75 Å². The highest BCUT2D eigenvalue weighted by Crippen LogP contribution is 2.57. The third-order valence-electron chi connectivity index (χ3n) is 6.41. The molecule has 1 fully saturated rings. The molecule has 9 heteroatoms. The zero-order chi connectivity index (χ0) is 22.4. The van der Waals surface area contributed by atoms with E-state index in [4.69, 9.17) is 4.74 Å². The van der Waals surface area contributed by atoms with Gasteiger partial charge in [-0.3, -0.25) is 4.21 Å². The van der Waals surface area contributed by atoms with Crippen molar-refractivity contribution >= 4 is 10.8 Å². The van der Waals surface area contributed by atoms with Crippen LogP contribution in [0.4, 0.5) is 22.0 Å². The summed E-state index contributed by atoms with van der Waals surface area (Å²) in [6, 6.07) is 5.85. The van der Waals surface area contributed by atoms with Gasteiger partial charge >= 0.3 is 6.18 Å². The summed E-state index contributed by atoms with van der Waals surface area (Å²) in [4.78, 5) is 0.110. The van der Waals surface area contributed by atoms with Crippen LogP contribution in [0.3, 0.4) is 0 Å². The van der Waals surface area contributed by atoms with Crippen LogP contribution in [0.15, 0.2) is 41.3 Å². The highest BCUT2D eigenvalue weighted by Gasteiger charge is 2.56. The van der Waals surface area contributed by atoms with Gasteiger partial charge in [-0.1, -0.05) is 6.42 Å². The van der Waals surface area contributed by atoms with Gasteiger partial charge in [0, 0.05) is 17.4 Å². The molecule has 1 aliphatic carbocycles. The topological polar surface area (TPSA) is 46.5 Å². The number of benzene rings is 2. The maximum absolute atomic E-state index is 15.1. The molecule has 168 valence electrons. The Morgan fingerprint density at radius 1 is 1.10 bits per heavy atom. The van der Waals surface area contributed by atoms with Gasteiger partial charge < -0.3 is 9.84 Å². The van der Waals surface area contributed by atoms with E-state index in [2.05, 4.69) is 0 Å². The molecule has 2 unspecified atom stereocenters. The molecule has 3 nitrogen and oxygen atoms in total. The summed E-state index contributed by atoms with van der Waals surface area (Å²) >= 11 is 0. The lowest BCUT2D eigenvalue weighted by molar-refractivity contribution is -0.137. The van der Waals surface area contributed by atoms with Crippen LogP contribution >= 0.6 is 0 Å². The average molecular weight is 460 g/mol. The van der Waals surface area contributed by atoms with Crippen LogP contribution < -0.4 is 4.74 Å². The van der Waals surface area contributed by atoms with Crippen LogP contribution in [0.25, 0.3) is 0 Å². The number of alkyl halides is 3. The van der Waals surface area contributed by atoms with Gasteiger partial charge in [-0.25, -0.2) is 8.78 Å². The second kappa shape index (κ2) is 8.16. The summed E-state index contributed by atoms with van der Waals surface area (Å²) < 4.78 is 86.6. The third kappa shape index (κ3) is 3.65. The third-order valence-corrected chi connectivity index (χ3v) is 8.48. The Kier molecular flexibility index (Phi) is 5.85. The normalized spacial score (nSPS) is 26.5. The first-order valence-electron chi connectivity index (χ1n) is 10.0. The Morgan fingerprint density at radius 3 is 2.42 bits per heavy atom. The van der Waals surface area contributed by atoms with E-state index < -0.39 is 44.8 Å². The molecular formula is C22H21F5O3S.